The molecule has 0 bridgehead atoms. The molecule has 2 aliphatic carbocycles. The number of hydrogen-bond donors (Lipinski definition) is 1. The number of hydrogen-bond acceptors (Lipinski definition) is 4. The summed E-state index contributed by atoms with van der Waals surface area (Å²) in [4.78, 5) is 23.4. The minimum Gasteiger partial charge on any atom is -0.464 e. The molecule has 0 spiro atoms. The average molecular weight is 269 g/mol. The summed E-state index contributed by atoms with van der Waals surface area (Å²) in [6, 6.07) is -0.556. The lowest BCUT2D eigenvalue weighted by Crippen LogP contribution is -2.46. The average Bonchev–Trinajstić information content (AvgIpc) is 2.83. The lowest BCUT2D eigenvalue weighted by Gasteiger charge is -2.24. The molecule has 108 valence electrons. The Morgan fingerprint density at radius 2 is 1.95 bits per heavy atom. The minimum absolute atomic E-state index is 0.189. The molecular weight excluding hydrogens is 246 g/mol. The molecule has 0 aromatic heterocycles. The van der Waals surface area contributed by atoms with Crippen molar-refractivity contribution in [2.75, 3.05) is 13.7 Å². The topological polar surface area (TPSA) is 64.6 Å². The van der Waals surface area contributed by atoms with Gasteiger partial charge in [0, 0.05) is 0 Å². The Hall–Kier alpha value is -1.26. The first-order chi connectivity index (χ1) is 9.08. The normalized spacial score (nSPS) is 33.2. The van der Waals surface area contributed by atoms with Crippen LogP contribution in [0.3, 0.4) is 0 Å². The van der Waals surface area contributed by atoms with Gasteiger partial charge in [-0.1, -0.05) is 13.8 Å². The van der Waals surface area contributed by atoms with Gasteiger partial charge >= 0.3 is 12.1 Å². The van der Waals surface area contributed by atoms with Crippen molar-refractivity contribution in [1.82, 2.24) is 5.32 Å². The number of carbonyl (C=O) groups excluding carboxylic acids is 2. The smallest absolute Gasteiger partial charge is 0.407 e. The number of ether oxygens (including phenoxy) is 2. The third kappa shape index (κ3) is 3.01. The van der Waals surface area contributed by atoms with Crippen molar-refractivity contribution in [3.05, 3.63) is 0 Å². The van der Waals surface area contributed by atoms with Gasteiger partial charge in [0.25, 0.3) is 0 Å². The van der Waals surface area contributed by atoms with Crippen LogP contribution in [0, 0.1) is 23.7 Å². The van der Waals surface area contributed by atoms with Crippen LogP contribution in [0.25, 0.3) is 0 Å². The summed E-state index contributed by atoms with van der Waals surface area (Å²) in [5.74, 6) is 2.10. The van der Waals surface area contributed by atoms with Crippen molar-refractivity contribution in [2.24, 2.45) is 23.7 Å². The second-order valence-electron chi connectivity index (χ2n) is 5.70. The van der Waals surface area contributed by atoms with Crippen LogP contribution in [-0.2, 0) is 14.3 Å². The summed E-state index contributed by atoms with van der Waals surface area (Å²) in [7, 11) is 1.30. The van der Waals surface area contributed by atoms with Crippen molar-refractivity contribution in [2.45, 2.75) is 39.2 Å². The van der Waals surface area contributed by atoms with Gasteiger partial charge in [0.05, 0.1) is 13.7 Å². The van der Waals surface area contributed by atoms with Crippen molar-refractivity contribution < 1.29 is 19.1 Å². The van der Waals surface area contributed by atoms with Crippen molar-refractivity contribution in [3.8, 4) is 0 Å². The number of rotatable bonds is 5. The van der Waals surface area contributed by atoms with Gasteiger partial charge in [-0.25, -0.2) is 9.59 Å². The molecule has 5 nitrogen and oxygen atoms in total. The van der Waals surface area contributed by atoms with E-state index in [1.54, 1.807) is 0 Å². The molecule has 0 aromatic rings. The number of methoxy groups -OCH3 is 1. The Morgan fingerprint density at radius 3 is 2.47 bits per heavy atom. The quantitative estimate of drug-likeness (QED) is 0.775. The SMILES string of the molecule is CCCOC(=O)C(NC(=O)OC)C1CC2C(C)C2C1. The summed E-state index contributed by atoms with van der Waals surface area (Å²) < 4.78 is 9.78. The predicted octanol–water partition coefficient (Wildman–Crippen LogP) is 1.96. The Bertz CT molecular complexity index is 345. The van der Waals surface area contributed by atoms with Gasteiger partial charge in [-0.2, -0.15) is 0 Å². The maximum Gasteiger partial charge on any atom is 0.407 e. The van der Waals surface area contributed by atoms with E-state index < -0.39 is 12.1 Å². The van der Waals surface area contributed by atoms with Crippen LogP contribution in [0.4, 0.5) is 4.79 Å². The molecule has 5 heteroatoms. The summed E-state index contributed by atoms with van der Waals surface area (Å²) in [6.45, 7) is 4.60. The fourth-order valence-electron chi connectivity index (χ4n) is 3.33. The zero-order chi connectivity index (χ0) is 14.0. The van der Waals surface area contributed by atoms with Crippen LogP contribution >= 0.6 is 0 Å². The molecular formula is C14H23NO4. The summed E-state index contributed by atoms with van der Waals surface area (Å²) in [6.07, 6.45) is 2.22. The van der Waals surface area contributed by atoms with Gasteiger partial charge in [-0.3, -0.25) is 0 Å². The van der Waals surface area contributed by atoms with Crippen molar-refractivity contribution >= 4 is 12.1 Å². The highest BCUT2D eigenvalue weighted by atomic mass is 16.5. The maximum atomic E-state index is 12.1. The number of alkyl carbamates (subject to hydrolysis) is 1. The second-order valence-corrected chi connectivity index (χ2v) is 5.70. The van der Waals surface area contributed by atoms with E-state index in [0.717, 1.165) is 37.0 Å². The van der Waals surface area contributed by atoms with E-state index in [1.807, 2.05) is 6.92 Å². The number of esters is 1. The largest absolute Gasteiger partial charge is 0.464 e. The third-order valence-corrected chi connectivity index (χ3v) is 4.54. The van der Waals surface area contributed by atoms with Gasteiger partial charge in [-0.05, 0) is 42.9 Å². The van der Waals surface area contributed by atoms with E-state index in [1.165, 1.54) is 7.11 Å². The minimum atomic E-state index is -0.563. The van der Waals surface area contributed by atoms with Crippen molar-refractivity contribution in [3.63, 3.8) is 0 Å². The fraction of sp³-hybridized carbons (Fsp3) is 0.857. The molecule has 19 heavy (non-hydrogen) atoms. The molecule has 0 aromatic carbocycles. The number of carbonyl (C=O) groups is 2. The molecule has 3 unspecified atom stereocenters. The van der Waals surface area contributed by atoms with Crippen LogP contribution < -0.4 is 5.32 Å². The maximum absolute atomic E-state index is 12.1. The van der Waals surface area contributed by atoms with E-state index in [9.17, 15) is 9.59 Å². The summed E-state index contributed by atoms with van der Waals surface area (Å²) in [5, 5.41) is 2.64. The molecule has 0 aliphatic heterocycles. The Morgan fingerprint density at radius 1 is 1.32 bits per heavy atom. The lowest BCUT2D eigenvalue weighted by molar-refractivity contribution is -0.147. The highest BCUT2D eigenvalue weighted by molar-refractivity contribution is 5.81. The number of fused-ring (bicyclic) bond motifs is 1. The number of amides is 1. The molecule has 1 N–H and O–H groups in total. The van der Waals surface area contributed by atoms with E-state index >= 15 is 0 Å². The number of nitrogens with one attached hydrogen (secondary N) is 1. The first kappa shape index (κ1) is 14.2. The molecule has 0 saturated heterocycles. The highest BCUT2D eigenvalue weighted by Gasteiger charge is 2.55. The van der Waals surface area contributed by atoms with Crippen LogP contribution in [-0.4, -0.2) is 31.8 Å². The molecule has 3 atom stereocenters. The van der Waals surface area contributed by atoms with E-state index in [2.05, 4.69) is 17.0 Å². The first-order valence-corrected chi connectivity index (χ1v) is 7.09. The first-order valence-electron chi connectivity index (χ1n) is 7.09. The highest BCUT2D eigenvalue weighted by Crippen LogP contribution is 2.59. The zero-order valence-corrected chi connectivity index (χ0v) is 11.8. The predicted molar refractivity (Wildman–Crippen MR) is 69.4 cm³/mol. The van der Waals surface area contributed by atoms with E-state index in [0.29, 0.717) is 6.61 Å². The van der Waals surface area contributed by atoms with Crippen LogP contribution in [0.15, 0.2) is 0 Å². The molecule has 1 amide bonds. The van der Waals surface area contributed by atoms with Crippen LogP contribution in [0.5, 0.6) is 0 Å². The fourth-order valence-corrected chi connectivity index (χ4v) is 3.33. The van der Waals surface area contributed by atoms with Crippen LogP contribution in [0.2, 0.25) is 0 Å². The molecule has 0 radical (unpaired) electrons. The Balaban J connectivity index is 1.94. The molecule has 2 saturated carbocycles. The Labute approximate surface area is 114 Å². The summed E-state index contributed by atoms with van der Waals surface area (Å²) in [5.41, 5.74) is 0. The molecule has 2 fully saturated rings. The monoisotopic (exact) mass is 269 g/mol. The lowest BCUT2D eigenvalue weighted by atomic mass is 9.92. The third-order valence-electron chi connectivity index (χ3n) is 4.54. The van der Waals surface area contributed by atoms with Crippen molar-refractivity contribution in [1.29, 1.82) is 0 Å². The summed E-state index contributed by atoms with van der Waals surface area (Å²) >= 11 is 0. The Kier molecular flexibility index (Phi) is 4.32. The van der Waals surface area contributed by atoms with Gasteiger partial charge in [0.2, 0.25) is 0 Å². The van der Waals surface area contributed by atoms with Gasteiger partial charge < -0.3 is 14.8 Å². The molecule has 2 aliphatic rings. The second kappa shape index (κ2) is 5.80. The van der Waals surface area contributed by atoms with E-state index in [4.69, 9.17) is 4.74 Å². The molecule has 0 heterocycles. The van der Waals surface area contributed by atoms with E-state index in [-0.39, 0.29) is 11.9 Å². The standard InChI is InChI=1S/C14H23NO4/c1-4-5-19-13(16)12(15-14(17)18-3)9-6-10-8(2)11(10)7-9/h8-12H,4-7H2,1-3H3,(H,15,17). The van der Waals surface area contributed by atoms with Gasteiger partial charge in [0.15, 0.2) is 0 Å². The van der Waals surface area contributed by atoms with Crippen LogP contribution in [0.1, 0.15) is 33.1 Å². The zero-order valence-electron chi connectivity index (χ0n) is 11.8. The van der Waals surface area contributed by atoms with Gasteiger partial charge in [-0.15, -0.1) is 0 Å². The molecule has 2 rings (SSSR count). The van der Waals surface area contributed by atoms with Gasteiger partial charge in [0.1, 0.15) is 6.04 Å².